The molecule has 0 atom stereocenters. The molecule has 1 aliphatic rings. The Bertz CT molecular complexity index is 646. The van der Waals surface area contributed by atoms with Gasteiger partial charge in [0.05, 0.1) is 18.0 Å². The van der Waals surface area contributed by atoms with Crippen LogP contribution in [0, 0.1) is 19.8 Å². The molecular weight excluding hydrogens is 346 g/mol. The van der Waals surface area contributed by atoms with Gasteiger partial charge in [0.25, 0.3) is 0 Å². The van der Waals surface area contributed by atoms with Crippen molar-refractivity contribution < 1.29 is 8.42 Å². The number of aliphatic imine (C=N–C) groups is 1. The molecule has 0 radical (unpaired) electrons. The van der Waals surface area contributed by atoms with Gasteiger partial charge in [-0.3, -0.25) is 4.99 Å². The molecule has 24 heavy (non-hydrogen) atoms. The maximum absolute atomic E-state index is 11.9. The van der Waals surface area contributed by atoms with Crippen molar-refractivity contribution in [2.24, 2.45) is 10.9 Å². The van der Waals surface area contributed by atoms with Gasteiger partial charge in [0, 0.05) is 25.0 Å². The number of nitrogens with one attached hydrogen (secondary N) is 3. The molecule has 1 heterocycles. The zero-order valence-electron chi connectivity index (χ0n) is 14.6. The first-order chi connectivity index (χ1) is 11.4. The number of nitrogens with zero attached hydrogens (tertiary/aromatic N) is 2. The van der Waals surface area contributed by atoms with Gasteiger partial charge in [-0.1, -0.05) is 6.42 Å². The van der Waals surface area contributed by atoms with Crippen LogP contribution in [0.2, 0.25) is 0 Å². The Hall–Kier alpha value is -1.19. The van der Waals surface area contributed by atoms with E-state index in [-0.39, 0.29) is 5.75 Å². The van der Waals surface area contributed by atoms with Gasteiger partial charge in [-0.2, -0.15) is 0 Å². The van der Waals surface area contributed by atoms with E-state index in [0.29, 0.717) is 31.5 Å². The Balaban J connectivity index is 1.68. The molecule has 2 rings (SSSR count). The highest BCUT2D eigenvalue weighted by Gasteiger charge is 2.20. The van der Waals surface area contributed by atoms with Gasteiger partial charge in [0.1, 0.15) is 5.01 Å². The summed E-state index contributed by atoms with van der Waals surface area (Å²) in [4.78, 5) is 9.77. The Morgan fingerprint density at radius 1 is 1.33 bits per heavy atom. The lowest BCUT2D eigenvalue weighted by atomic mass is 9.86. The van der Waals surface area contributed by atoms with Crippen molar-refractivity contribution in [1.29, 1.82) is 0 Å². The van der Waals surface area contributed by atoms with Gasteiger partial charge >= 0.3 is 0 Å². The van der Waals surface area contributed by atoms with Crippen molar-refractivity contribution in [2.75, 3.05) is 25.9 Å². The largest absolute Gasteiger partial charge is 0.355 e. The first-order valence-corrected chi connectivity index (χ1v) is 10.7. The first-order valence-electron chi connectivity index (χ1n) is 8.24. The number of hydrogen-bond donors (Lipinski definition) is 3. The van der Waals surface area contributed by atoms with E-state index in [1.54, 1.807) is 18.4 Å². The molecule has 9 heteroatoms. The lowest BCUT2D eigenvalue weighted by molar-refractivity contribution is 0.316. The molecule has 0 aliphatic heterocycles. The van der Waals surface area contributed by atoms with Crippen LogP contribution < -0.4 is 15.4 Å². The smallest absolute Gasteiger partial charge is 0.213 e. The second kappa shape index (κ2) is 8.77. The van der Waals surface area contributed by atoms with E-state index in [1.807, 2.05) is 13.8 Å². The van der Waals surface area contributed by atoms with Gasteiger partial charge in [0.2, 0.25) is 10.0 Å². The van der Waals surface area contributed by atoms with Crippen LogP contribution in [0.25, 0.3) is 0 Å². The van der Waals surface area contributed by atoms with Gasteiger partial charge in [-0.15, -0.1) is 11.3 Å². The Kier molecular flexibility index (Phi) is 7.00. The number of guanidine groups is 1. The molecule has 136 valence electrons. The summed E-state index contributed by atoms with van der Waals surface area (Å²) in [5.74, 6) is 1.14. The van der Waals surface area contributed by atoms with E-state index in [9.17, 15) is 8.42 Å². The average molecular weight is 374 g/mol. The van der Waals surface area contributed by atoms with E-state index in [4.69, 9.17) is 0 Å². The molecule has 0 saturated heterocycles. The Morgan fingerprint density at radius 2 is 2.08 bits per heavy atom. The second-order valence-electron chi connectivity index (χ2n) is 6.07. The van der Waals surface area contributed by atoms with Crippen LogP contribution in [0.5, 0.6) is 0 Å². The van der Waals surface area contributed by atoms with Crippen LogP contribution in [0.15, 0.2) is 4.99 Å². The second-order valence-corrected chi connectivity index (χ2v) is 9.28. The molecule has 0 unspecified atom stereocenters. The molecule has 1 saturated carbocycles. The summed E-state index contributed by atoms with van der Waals surface area (Å²) in [5, 5.41) is 7.17. The van der Waals surface area contributed by atoms with Gasteiger partial charge in [-0.25, -0.2) is 18.1 Å². The van der Waals surface area contributed by atoms with E-state index in [2.05, 4.69) is 25.3 Å². The molecule has 1 aromatic rings. The SMILES string of the molecule is CN=C(NCCS(=O)(=O)NCC1CCC1)NCc1nc(C)c(C)s1. The zero-order chi connectivity index (χ0) is 17.6. The standard InChI is InChI=1S/C15H27N5O2S2/c1-11-12(2)23-14(20-11)10-18-15(16-3)17-7-8-24(21,22)19-9-13-5-4-6-13/h13,19H,4-10H2,1-3H3,(H2,16,17,18). The van der Waals surface area contributed by atoms with Crippen LogP contribution in [0.3, 0.4) is 0 Å². The fourth-order valence-electron chi connectivity index (χ4n) is 2.31. The van der Waals surface area contributed by atoms with Crippen LogP contribution in [0.4, 0.5) is 0 Å². The lowest BCUT2D eigenvalue weighted by Gasteiger charge is -2.25. The molecule has 1 aliphatic carbocycles. The summed E-state index contributed by atoms with van der Waals surface area (Å²) in [5.41, 5.74) is 1.04. The molecular formula is C15H27N5O2S2. The summed E-state index contributed by atoms with van der Waals surface area (Å²) in [6, 6.07) is 0. The molecule has 7 nitrogen and oxygen atoms in total. The fraction of sp³-hybridized carbons (Fsp3) is 0.733. The third-order valence-electron chi connectivity index (χ3n) is 4.18. The summed E-state index contributed by atoms with van der Waals surface area (Å²) >= 11 is 1.65. The van der Waals surface area contributed by atoms with Crippen molar-refractivity contribution in [3.05, 3.63) is 15.6 Å². The van der Waals surface area contributed by atoms with Crippen molar-refractivity contribution in [3.63, 3.8) is 0 Å². The Labute approximate surface area is 148 Å². The molecule has 0 bridgehead atoms. The molecule has 0 spiro atoms. The number of aromatic nitrogens is 1. The number of sulfonamides is 1. The quantitative estimate of drug-likeness (QED) is 0.469. The molecule has 1 fully saturated rings. The van der Waals surface area contributed by atoms with E-state index < -0.39 is 10.0 Å². The minimum atomic E-state index is -3.23. The minimum Gasteiger partial charge on any atom is -0.355 e. The average Bonchev–Trinajstić information content (AvgIpc) is 2.79. The maximum atomic E-state index is 11.9. The number of aryl methyl sites for hydroxylation is 2. The summed E-state index contributed by atoms with van der Waals surface area (Å²) in [6.07, 6.45) is 3.48. The topological polar surface area (TPSA) is 95.5 Å². The number of thiazole rings is 1. The molecule has 0 amide bonds. The van der Waals surface area contributed by atoms with Crippen molar-refractivity contribution in [2.45, 2.75) is 39.7 Å². The molecule has 1 aromatic heterocycles. The first kappa shape index (κ1) is 19.1. The normalized spacial score (nSPS) is 16.0. The summed E-state index contributed by atoms with van der Waals surface area (Å²) in [6.45, 7) is 5.49. The van der Waals surface area contributed by atoms with Crippen molar-refractivity contribution in [1.82, 2.24) is 20.3 Å². The fourth-order valence-corrected chi connectivity index (χ4v) is 4.19. The Morgan fingerprint density at radius 3 is 2.62 bits per heavy atom. The van der Waals surface area contributed by atoms with Gasteiger partial charge in [0.15, 0.2) is 5.96 Å². The van der Waals surface area contributed by atoms with Gasteiger partial charge < -0.3 is 10.6 Å². The van der Waals surface area contributed by atoms with E-state index in [1.165, 1.54) is 11.3 Å². The number of hydrogen-bond acceptors (Lipinski definition) is 5. The monoisotopic (exact) mass is 373 g/mol. The summed E-state index contributed by atoms with van der Waals surface area (Å²) < 4.78 is 26.6. The molecule has 0 aromatic carbocycles. The third kappa shape index (κ3) is 6.03. The highest BCUT2D eigenvalue weighted by molar-refractivity contribution is 7.89. The van der Waals surface area contributed by atoms with Crippen LogP contribution >= 0.6 is 11.3 Å². The predicted octanol–water partition coefficient (Wildman–Crippen LogP) is 1.14. The van der Waals surface area contributed by atoms with Gasteiger partial charge in [-0.05, 0) is 32.6 Å². The predicted molar refractivity (Wildman–Crippen MR) is 98.9 cm³/mol. The lowest BCUT2D eigenvalue weighted by Crippen LogP contribution is -2.41. The third-order valence-corrected chi connectivity index (χ3v) is 6.60. The zero-order valence-corrected chi connectivity index (χ0v) is 16.2. The molecule has 3 N–H and O–H groups in total. The van der Waals surface area contributed by atoms with Crippen LogP contribution in [-0.4, -0.2) is 45.3 Å². The highest BCUT2D eigenvalue weighted by Crippen LogP contribution is 2.25. The van der Waals surface area contributed by atoms with Crippen molar-refractivity contribution >= 4 is 27.3 Å². The van der Waals surface area contributed by atoms with Crippen LogP contribution in [-0.2, 0) is 16.6 Å². The highest BCUT2D eigenvalue weighted by atomic mass is 32.2. The van der Waals surface area contributed by atoms with Crippen LogP contribution in [0.1, 0.15) is 34.8 Å². The van der Waals surface area contributed by atoms with E-state index in [0.717, 1.165) is 23.5 Å². The minimum absolute atomic E-state index is 0.0376. The van der Waals surface area contributed by atoms with Crippen molar-refractivity contribution in [3.8, 4) is 0 Å². The maximum Gasteiger partial charge on any atom is 0.213 e. The summed E-state index contributed by atoms with van der Waals surface area (Å²) in [7, 11) is -1.57. The van der Waals surface area contributed by atoms with E-state index >= 15 is 0 Å². The number of rotatable bonds is 8.